The maximum atomic E-state index is 12.3. The Morgan fingerprint density at radius 3 is 2.66 bits per heavy atom. The van der Waals surface area contributed by atoms with Crippen molar-refractivity contribution in [2.24, 2.45) is 0 Å². The van der Waals surface area contributed by atoms with Gasteiger partial charge in [0, 0.05) is 11.6 Å². The molecule has 2 N–H and O–H groups in total. The number of carbonyl (C=O) groups excluding carboxylic acids is 3. The Balaban J connectivity index is 1.98. The smallest absolute Gasteiger partial charge is 0.317 e. The highest BCUT2D eigenvalue weighted by molar-refractivity contribution is 7.99. The van der Waals surface area contributed by atoms with E-state index in [4.69, 9.17) is 4.74 Å². The first-order valence-electron chi connectivity index (χ1n) is 8.60. The largest absolute Gasteiger partial charge is 0.452 e. The number of aromatic nitrogens is 1. The second-order valence-corrected chi connectivity index (χ2v) is 7.13. The first-order chi connectivity index (χ1) is 13.7. The van der Waals surface area contributed by atoms with Crippen molar-refractivity contribution in [2.45, 2.75) is 31.9 Å². The van der Waals surface area contributed by atoms with E-state index in [1.54, 1.807) is 31.2 Å². The van der Waals surface area contributed by atoms with Crippen molar-refractivity contribution < 1.29 is 19.1 Å². The summed E-state index contributed by atoms with van der Waals surface area (Å²) >= 11 is 0.943. The fraction of sp³-hybridized carbons (Fsp3) is 0.250. The molecule has 0 spiro atoms. The summed E-state index contributed by atoms with van der Waals surface area (Å²) in [5, 5.41) is 12.0. The molecular weight excluding hydrogens is 394 g/mol. The molecule has 0 saturated heterocycles. The number of nitrogens with one attached hydrogen (secondary N) is 2. The molecule has 0 aliphatic rings. The number of esters is 1. The summed E-state index contributed by atoms with van der Waals surface area (Å²) in [5.41, 5.74) is 1.08. The van der Waals surface area contributed by atoms with Gasteiger partial charge in [-0.15, -0.1) is 0 Å². The Hall–Kier alpha value is -3.38. The van der Waals surface area contributed by atoms with Crippen molar-refractivity contribution in [1.82, 2.24) is 4.98 Å². The molecule has 2 rings (SSSR count). The minimum absolute atomic E-state index is 0.199. The third-order valence-corrected chi connectivity index (χ3v) is 4.87. The zero-order valence-corrected chi connectivity index (χ0v) is 16.9. The van der Waals surface area contributed by atoms with Crippen LogP contribution < -0.4 is 10.9 Å². The molecule has 0 bridgehead atoms. The van der Waals surface area contributed by atoms with Crippen LogP contribution in [-0.2, 0) is 14.3 Å². The second-order valence-electron chi connectivity index (χ2n) is 6.14. The second kappa shape index (κ2) is 9.71. The number of nitrogens with zero attached hydrogens (tertiary/aromatic N) is 1. The standard InChI is InChI=1S/C20H19N3O5S/c1-11-8-17(25)23-20(15(11)9-21)29-10-18(26)28-13(3)19(27)22-16-7-5-4-6-14(16)12(2)24/h4-8,13H,10H2,1-3H3,(H,22,27)(H,23,25)/t13-/m0/s1. The van der Waals surface area contributed by atoms with Crippen LogP contribution in [0.2, 0.25) is 0 Å². The number of ether oxygens (including phenoxy) is 1. The first kappa shape index (κ1) is 21.9. The molecule has 150 valence electrons. The predicted molar refractivity (Wildman–Crippen MR) is 108 cm³/mol. The topological polar surface area (TPSA) is 129 Å². The van der Waals surface area contributed by atoms with Gasteiger partial charge in [-0.25, -0.2) is 0 Å². The van der Waals surface area contributed by atoms with Gasteiger partial charge in [0.1, 0.15) is 6.07 Å². The number of aryl methyl sites for hydroxylation is 1. The number of carbonyl (C=O) groups is 3. The Morgan fingerprint density at radius 1 is 1.31 bits per heavy atom. The molecule has 1 aromatic carbocycles. The molecule has 1 aromatic heterocycles. The number of H-pyrrole nitrogens is 1. The van der Waals surface area contributed by atoms with E-state index < -0.39 is 18.0 Å². The molecule has 29 heavy (non-hydrogen) atoms. The average Bonchev–Trinajstić information content (AvgIpc) is 2.66. The number of aromatic amines is 1. The van der Waals surface area contributed by atoms with E-state index >= 15 is 0 Å². The van der Waals surface area contributed by atoms with E-state index in [2.05, 4.69) is 10.3 Å². The van der Waals surface area contributed by atoms with Gasteiger partial charge in [0.25, 0.3) is 5.91 Å². The lowest BCUT2D eigenvalue weighted by atomic mass is 10.1. The number of pyridine rings is 1. The number of benzene rings is 1. The van der Waals surface area contributed by atoms with Crippen LogP contribution >= 0.6 is 11.8 Å². The van der Waals surface area contributed by atoms with Crippen LogP contribution in [0.1, 0.15) is 35.3 Å². The van der Waals surface area contributed by atoms with E-state index in [0.29, 0.717) is 16.8 Å². The maximum Gasteiger partial charge on any atom is 0.317 e. The van der Waals surface area contributed by atoms with Crippen LogP contribution in [0.25, 0.3) is 0 Å². The molecule has 1 atom stereocenters. The van der Waals surface area contributed by atoms with E-state index in [-0.39, 0.29) is 27.7 Å². The number of hydrogen-bond donors (Lipinski definition) is 2. The Labute approximate surface area is 171 Å². The van der Waals surface area contributed by atoms with Gasteiger partial charge < -0.3 is 15.0 Å². The van der Waals surface area contributed by atoms with Crippen molar-refractivity contribution in [3.63, 3.8) is 0 Å². The summed E-state index contributed by atoms with van der Waals surface area (Å²) in [5.74, 6) is -1.68. The van der Waals surface area contributed by atoms with Gasteiger partial charge in [-0.3, -0.25) is 19.2 Å². The van der Waals surface area contributed by atoms with Crippen LogP contribution in [-0.4, -0.2) is 34.5 Å². The number of hydrogen-bond acceptors (Lipinski definition) is 7. The van der Waals surface area contributed by atoms with E-state index in [0.717, 1.165) is 11.8 Å². The van der Waals surface area contributed by atoms with Gasteiger partial charge >= 0.3 is 5.97 Å². The molecule has 9 heteroatoms. The number of thioether (sulfide) groups is 1. The third kappa shape index (κ3) is 5.80. The summed E-state index contributed by atoms with van der Waals surface area (Å²) in [7, 11) is 0. The monoisotopic (exact) mass is 413 g/mol. The molecule has 0 saturated carbocycles. The van der Waals surface area contributed by atoms with Crippen molar-refractivity contribution >= 4 is 35.1 Å². The minimum atomic E-state index is -1.10. The molecule has 8 nitrogen and oxygen atoms in total. The van der Waals surface area contributed by atoms with Crippen LogP contribution in [0.15, 0.2) is 40.2 Å². The lowest BCUT2D eigenvalue weighted by Crippen LogP contribution is -2.31. The first-order valence-corrected chi connectivity index (χ1v) is 9.58. The van der Waals surface area contributed by atoms with E-state index in [9.17, 15) is 24.4 Å². The molecular formula is C20H19N3O5S. The summed E-state index contributed by atoms with van der Waals surface area (Å²) in [6, 6.07) is 9.79. The van der Waals surface area contributed by atoms with Crippen LogP contribution in [0.4, 0.5) is 5.69 Å². The Kier molecular flexibility index (Phi) is 7.33. The lowest BCUT2D eigenvalue weighted by molar-refractivity contribution is -0.150. The van der Waals surface area contributed by atoms with Gasteiger partial charge in [0.2, 0.25) is 5.56 Å². The van der Waals surface area contributed by atoms with Crippen LogP contribution in [0, 0.1) is 18.3 Å². The average molecular weight is 413 g/mol. The van der Waals surface area contributed by atoms with Gasteiger partial charge in [-0.05, 0) is 38.5 Å². The van der Waals surface area contributed by atoms with Crippen LogP contribution in [0.5, 0.6) is 0 Å². The zero-order valence-electron chi connectivity index (χ0n) is 16.1. The van der Waals surface area contributed by atoms with Crippen molar-refractivity contribution in [1.29, 1.82) is 5.26 Å². The van der Waals surface area contributed by atoms with Gasteiger partial charge in [-0.1, -0.05) is 23.9 Å². The quantitative estimate of drug-likeness (QED) is 0.405. The van der Waals surface area contributed by atoms with Gasteiger partial charge in [0.15, 0.2) is 11.9 Å². The Morgan fingerprint density at radius 2 is 2.00 bits per heavy atom. The summed E-state index contributed by atoms with van der Waals surface area (Å²) in [6.45, 7) is 4.42. The summed E-state index contributed by atoms with van der Waals surface area (Å²) < 4.78 is 5.11. The van der Waals surface area contributed by atoms with Crippen molar-refractivity contribution in [3.05, 3.63) is 57.4 Å². The maximum absolute atomic E-state index is 12.3. The minimum Gasteiger partial charge on any atom is -0.452 e. The Bertz CT molecular complexity index is 1050. The molecule has 2 aromatic rings. The normalized spacial score (nSPS) is 11.2. The molecule has 1 amide bonds. The van der Waals surface area contributed by atoms with Crippen molar-refractivity contribution in [3.8, 4) is 6.07 Å². The fourth-order valence-corrected chi connectivity index (χ4v) is 3.31. The zero-order chi connectivity index (χ0) is 21.6. The van der Waals surface area contributed by atoms with Crippen LogP contribution in [0.3, 0.4) is 0 Å². The molecule has 0 aliphatic carbocycles. The van der Waals surface area contributed by atoms with Crippen molar-refractivity contribution in [2.75, 3.05) is 11.1 Å². The van der Waals surface area contributed by atoms with Gasteiger partial charge in [0.05, 0.1) is 22.0 Å². The highest BCUT2D eigenvalue weighted by atomic mass is 32.2. The van der Waals surface area contributed by atoms with E-state index in [1.165, 1.54) is 19.9 Å². The third-order valence-electron chi connectivity index (χ3n) is 3.89. The SMILES string of the molecule is CC(=O)c1ccccc1NC(=O)[C@H](C)OC(=O)CSc1[nH]c(=O)cc(C)c1C#N. The number of Topliss-reactive ketones (excluding diaryl/α,β-unsaturated/α-hetero) is 1. The molecule has 0 radical (unpaired) electrons. The molecule has 0 aliphatic heterocycles. The number of amides is 1. The molecule has 1 heterocycles. The highest BCUT2D eigenvalue weighted by Gasteiger charge is 2.20. The number of ketones is 1. The van der Waals surface area contributed by atoms with Gasteiger partial charge in [-0.2, -0.15) is 5.26 Å². The summed E-state index contributed by atoms with van der Waals surface area (Å²) in [4.78, 5) is 50.1. The molecule has 0 fully saturated rings. The molecule has 0 unspecified atom stereocenters. The number of anilines is 1. The number of rotatable bonds is 7. The fourth-order valence-electron chi connectivity index (χ4n) is 2.45. The lowest BCUT2D eigenvalue weighted by Gasteiger charge is -2.15. The van der Waals surface area contributed by atoms with E-state index in [1.807, 2.05) is 6.07 Å². The highest BCUT2D eigenvalue weighted by Crippen LogP contribution is 2.21. The predicted octanol–water partition coefficient (Wildman–Crippen LogP) is 2.42. The summed E-state index contributed by atoms with van der Waals surface area (Å²) in [6.07, 6.45) is -1.10. The number of para-hydroxylation sites is 1. The number of nitriles is 1.